The van der Waals surface area contributed by atoms with Gasteiger partial charge >= 0.3 is 0 Å². The minimum absolute atomic E-state index is 0.187. The van der Waals surface area contributed by atoms with Gasteiger partial charge in [0.05, 0.1) is 0 Å². The molecule has 0 amide bonds. The predicted molar refractivity (Wildman–Crippen MR) is 84.2 cm³/mol. The van der Waals surface area contributed by atoms with Crippen LogP contribution in [0.1, 0.15) is 30.0 Å². The number of pyridine rings is 1. The van der Waals surface area contributed by atoms with Crippen molar-refractivity contribution in [3.63, 3.8) is 0 Å². The van der Waals surface area contributed by atoms with Crippen LogP contribution in [0.2, 0.25) is 0 Å². The van der Waals surface area contributed by atoms with Gasteiger partial charge in [0.25, 0.3) is 0 Å². The molecule has 3 rings (SSSR count). The lowest BCUT2D eigenvalue weighted by Gasteiger charge is -2.07. The van der Waals surface area contributed by atoms with Gasteiger partial charge < -0.3 is 5.73 Å². The molecule has 0 bridgehead atoms. The van der Waals surface area contributed by atoms with Gasteiger partial charge in [-0.1, -0.05) is 23.9 Å². The van der Waals surface area contributed by atoms with Crippen LogP contribution in [0.5, 0.6) is 0 Å². The van der Waals surface area contributed by atoms with Gasteiger partial charge in [-0.25, -0.2) is 4.98 Å². The van der Waals surface area contributed by atoms with E-state index in [1.54, 1.807) is 11.8 Å². The minimum Gasteiger partial charge on any atom is -0.328 e. The van der Waals surface area contributed by atoms with Crippen LogP contribution in [0.25, 0.3) is 0 Å². The Bertz CT molecular complexity index is 590. The summed E-state index contributed by atoms with van der Waals surface area (Å²) in [6.07, 6.45) is 6.60. The van der Waals surface area contributed by atoms with E-state index in [-0.39, 0.29) is 6.04 Å². The first-order valence-corrected chi connectivity index (χ1v) is 8.02. The Hall–Kier alpha value is -1.32. The maximum atomic E-state index is 5.81. The minimum atomic E-state index is 0.187. The summed E-state index contributed by atoms with van der Waals surface area (Å²) in [6, 6.07) is 11.2. The molecular weight excluding hydrogens is 264 g/mol. The molecule has 0 fully saturated rings. The highest BCUT2D eigenvalue weighted by molar-refractivity contribution is 7.99. The van der Waals surface area contributed by atoms with Crippen molar-refractivity contribution in [3.8, 4) is 0 Å². The van der Waals surface area contributed by atoms with Gasteiger partial charge in [-0.15, -0.1) is 0 Å². The van der Waals surface area contributed by atoms with E-state index >= 15 is 0 Å². The van der Waals surface area contributed by atoms with Crippen molar-refractivity contribution in [2.75, 3.05) is 0 Å². The Morgan fingerprint density at radius 2 is 2.05 bits per heavy atom. The Morgan fingerprint density at radius 3 is 2.80 bits per heavy atom. The quantitative estimate of drug-likeness (QED) is 0.932. The van der Waals surface area contributed by atoms with E-state index in [1.807, 2.05) is 13.1 Å². The number of fused-ring (bicyclic) bond motifs is 1. The Balaban J connectivity index is 1.71. The fourth-order valence-electron chi connectivity index (χ4n) is 2.70. The highest BCUT2D eigenvalue weighted by Crippen LogP contribution is 2.31. The van der Waals surface area contributed by atoms with Gasteiger partial charge in [-0.2, -0.15) is 0 Å². The predicted octanol–water partition coefficient (Wildman–Crippen LogP) is 3.61. The molecule has 1 aliphatic carbocycles. The van der Waals surface area contributed by atoms with Crippen LogP contribution >= 0.6 is 11.8 Å². The molecule has 3 heteroatoms. The van der Waals surface area contributed by atoms with E-state index in [0.29, 0.717) is 0 Å². The summed E-state index contributed by atoms with van der Waals surface area (Å²) in [5.41, 5.74) is 10.1. The van der Waals surface area contributed by atoms with Gasteiger partial charge in [0, 0.05) is 17.1 Å². The molecule has 2 N–H and O–H groups in total. The average Bonchev–Trinajstić information content (AvgIpc) is 2.88. The van der Waals surface area contributed by atoms with Gasteiger partial charge in [0.2, 0.25) is 0 Å². The van der Waals surface area contributed by atoms with Crippen LogP contribution in [-0.2, 0) is 19.3 Å². The zero-order valence-electron chi connectivity index (χ0n) is 11.8. The summed E-state index contributed by atoms with van der Waals surface area (Å²) in [5.74, 6) is 0. The van der Waals surface area contributed by atoms with Crippen molar-refractivity contribution >= 4 is 11.8 Å². The smallest absolute Gasteiger partial charge is 0.101 e. The second-order valence-electron chi connectivity index (χ2n) is 5.57. The first-order valence-electron chi connectivity index (χ1n) is 7.21. The summed E-state index contributed by atoms with van der Waals surface area (Å²) < 4.78 is 0. The summed E-state index contributed by atoms with van der Waals surface area (Å²) in [7, 11) is 0. The largest absolute Gasteiger partial charge is 0.328 e. The molecule has 1 aliphatic rings. The first-order chi connectivity index (χ1) is 9.70. The zero-order valence-corrected chi connectivity index (χ0v) is 12.6. The third-order valence-electron chi connectivity index (χ3n) is 3.65. The second kappa shape index (κ2) is 5.98. The molecule has 104 valence electrons. The van der Waals surface area contributed by atoms with E-state index in [1.165, 1.54) is 40.8 Å². The van der Waals surface area contributed by atoms with Crippen LogP contribution < -0.4 is 5.73 Å². The monoisotopic (exact) mass is 284 g/mol. The molecule has 0 spiro atoms. The SMILES string of the molecule is CC(N)Cc1ccc(Sc2ccc3c(c2)CCC3)nc1. The average molecular weight is 284 g/mol. The lowest BCUT2D eigenvalue weighted by atomic mass is 10.1. The van der Waals surface area contributed by atoms with Crippen molar-refractivity contribution in [2.45, 2.75) is 48.6 Å². The summed E-state index contributed by atoms with van der Waals surface area (Å²) in [4.78, 5) is 5.82. The molecule has 20 heavy (non-hydrogen) atoms. The number of hydrogen-bond donors (Lipinski definition) is 1. The standard InChI is InChI=1S/C17H20N2S/c1-12(18)9-13-5-8-17(19-11-13)20-16-7-6-14-3-2-4-15(14)10-16/h5-8,10-12H,2-4,9,18H2,1H3. The summed E-state index contributed by atoms with van der Waals surface area (Å²) >= 11 is 1.74. The molecule has 1 aromatic carbocycles. The molecule has 1 heterocycles. The Labute approximate surface area is 124 Å². The molecule has 2 nitrogen and oxygen atoms in total. The number of benzene rings is 1. The second-order valence-corrected chi connectivity index (χ2v) is 6.67. The fourth-order valence-corrected chi connectivity index (χ4v) is 3.52. The Kier molecular flexibility index (Phi) is 4.08. The molecule has 0 aliphatic heterocycles. The van der Waals surface area contributed by atoms with E-state index in [2.05, 4.69) is 35.3 Å². The molecule has 1 atom stereocenters. The fraction of sp³-hybridized carbons (Fsp3) is 0.353. The normalized spacial score (nSPS) is 15.1. The Morgan fingerprint density at radius 1 is 1.20 bits per heavy atom. The molecular formula is C17H20N2S. The summed E-state index contributed by atoms with van der Waals surface area (Å²) in [5, 5.41) is 1.05. The van der Waals surface area contributed by atoms with Crippen LogP contribution in [0.15, 0.2) is 46.5 Å². The van der Waals surface area contributed by atoms with Crippen LogP contribution in [-0.4, -0.2) is 11.0 Å². The lowest BCUT2D eigenvalue weighted by Crippen LogP contribution is -2.17. The van der Waals surface area contributed by atoms with Crippen molar-refractivity contribution < 1.29 is 0 Å². The molecule has 0 saturated carbocycles. The van der Waals surface area contributed by atoms with Gasteiger partial charge in [0.15, 0.2) is 0 Å². The molecule has 2 aromatic rings. The third-order valence-corrected chi connectivity index (χ3v) is 4.59. The van der Waals surface area contributed by atoms with E-state index in [9.17, 15) is 0 Å². The van der Waals surface area contributed by atoms with Crippen molar-refractivity contribution in [3.05, 3.63) is 53.2 Å². The van der Waals surface area contributed by atoms with Gasteiger partial charge in [-0.05, 0) is 67.5 Å². The zero-order chi connectivity index (χ0) is 13.9. The van der Waals surface area contributed by atoms with E-state index in [0.717, 1.165) is 11.4 Å². The summed E-state index contributed by atoms with van der Waals surface area (Å²) in [6.45, 7) is 2.02. The topological polar surface area (TPSA) is 38.9 Å². The van der Waals surface area contributed by atoms with Crippen molar-refractivity contribution in [1.82, 2.24) is 4.98 Å². The molecule has 1 unspecified atom stereocenters. The lowest BCUT2D eigenvalue weighted by molar-refractivity contribution is 0.734. The number of aromatic nitrogens is 1. The first kappa shape index (κ1) is 13.7. The highest BCUT2D eigenvalue weighted by Gasteiger charge is 2.11. The number of aryl methyl sites for hydroxylation is 2. The van der Waals surface area contributed by atoms with Gasteiger partial charge in [-0.3, -0.25) is 0 Å². The number of hydrogen-bond acceptors (Lipinski definition) is 3. The van der Waals surface area contributed by atoms with Gasteiger partial charge in [0.1, 0.15) is 5.03 Å². The maximum absolute atomic E-state index is 5.81. The molecule has 0 saturated heterocycles. The van der Waals surface area contributed by atoms with Crippen LogP contribution in [0.4, 0.5) is 0 Å². The number of nitrogens with zero attached hydrogens (tertiary/aromatic N) is 1. The van der Waals surface area contributed by atoms with Crippen LogP contribution in [0, 0.1) is 0 Å². The molecule has 1 aromatic heterocycles. The molecule has 0 radical (unpaired) electrons. The third kappa shape index (κ3) is 3.22. The van der Waals surface area contributed by atoms with Crippen molar-refractivity contribution in [1.29, 1.82) is 0 Å². The van der Waals surface area contributed by atoms with Crippen molar-refractivity contribution in [2.24, 2.45) is 5.73 Å². The highest BCUT2D eigenvalue weighted by atomic mass is 32.2. The van der Waals surface area contributed by atoms with Crippen LogP contribution in [0.3, 0.4) is 0 Å². The maximum Gasteiger partial charge on any atom is 0.101 e. The number of rotatable bonds is 4. The van der Waals surface area contributed by atoms with E-state index < -0.39 is 0 Å². The number of nitrogens with two attached hydrogens (primary N) is 1. The van der Waals surface area contributed by atoms with E-state index in [4.69, 9.17) is 5.73 Å².